The molecule has 2 heterocycles. The molecule has 0 aliphatic carbocycles. The molecule has 0 aromatic carbocycles. The first kappa shape index (κ1) is 9.55. The molecule has 0 radical (unpaired) electrons. The van der Waals surface area contributed by atoms with Crippen LogP contribution in [0.25, 0.3) is 11.0 Å². The zero-order chi connectivity index (χ0) is 9.97. The number of aromatic nitrogens is 2. The van der Waals surface area contributed by atoms with Gasteiger partial charge in [-0.1, -0.05) is 11.6 Å². The minimum atomic E-state index is 0.541. The molecule has 0 saturated heterocycles. The maximum Gasteiger partial charge on any atom is 0.229 e. The Hall–Kier alpha value is -1.00. The Bertz CT molecular complexity index is 464. The predicted molar refractivity (Wildman–Crippen MR) is 58.7 cm³/mol. The maximum absolute atomic E-state index is 5.96. The summed E-state index contributed by atoms with van der Waals surface area (Å²) in [6.07, 6.45) is 3.46. The molecule has 14 heavy (non-hydrogen) atoms. The summed E-state index contributed by atoms with van der Waals surface area (Å²) in [4.78, 5) is 8.29. The molecule has 0 bridgehead atoms. The topological polar surface area (TPSA) is 35.0 Å². The summed E-state index contributed by atoms with van der Waals surface area (Å²) in [5.74, 6) is 0.541. The van der Waals surface area contributed by atoms with Crippen LogP contribution in [0.5, 0.6) is 5.88 Å². The van der Waals surface area contributed by atoms with E-state index >= 15 is 0 Å². The van der Waals surface area contributed by atoms with Crippen LogP contribution in [0.4, 0.5) is 0 Å². The Morgan fingerprint density at radius 2 is 2.21 bits per heavy atom. The molecule has 0 fully saturated rings. The third kappa shape index (κ3) is 1.76. The van der Waals surface area contributed by atoms with Crippen molar-refractivity contribution in [2.45, 2.75) is 0 Å². The lowest BCUT2D eigenvalue weighted by Crippen LogP contribution is -1.88. The molecular formula is C9H7ClN2OS. The van der Waals surface area contributed by atoms with Gasteiger partial charge in [-0.2, -0.15) is 4.98 Å². The summed E-state index contributed by atoms with van der Waals surface area (Å²) < 4.78 is 5.18. The molecule has 0 aliphatic rings. The Labute approximate surface area is 90.7 Å². The van der Waals surface area contributed by atoms with Crippen LogP contribution in [-0.4, -0.2) is 16.2 Å². The van der Waals surface area contributed by atoms with Gasteiger partial charge in [-0.05, 0) is 12.1 Å². The number of halogens is 1. The van der Waals surface area contributed by atoms with Gasteiger partial charge in [0.1, 0.15) is 0 Å². The highest BCUT2D eigenvalue weighted by molar-refractivity contribution is 7.94. The zero-order valence-corrected chi connectivity index (χ0v) is 8.97. The largest absolute Gasteiger partial charge is 0.406 e. The van der Waals surface area contributed by atoms with Crippen LogP contribution in [0.2, 0.25) is 5.02 Å². The van der Waals surface area contributed by atoms with E-state index in [1.54, 1.807) is 18.3 Å². The molecule has 0 amide bonds. The van der Waals surface area contributed by atoms with Crippen LogP contribution >= 0.6 is 23.6 Å². The monoisotopic (exact) mass is 226 g/mol. The second-order valence-electron chi connectivity index (χ2n) is 2.56. The quantitative estimate of drug-likeness (QED) is 0.738. The summed E-state index contributed by atoms with van der Waals surface area (Å²) >= 11 is 7.20. The van der Waals surface area contributed by atoms with Crippen LogP contribution in [0, 0.1) is 0 Å². The van der Waals surface area contributed by atoms with E-state index in [-0.39, 0.29) is 0 Å². The standard InChI is InChI=1S/C9H7ClN2OS/c1-14-13-8-3-2-6-7(10)4-5-11-9(6)12-8/h2-5H,1H3. The average molecular weight is 227 g/mol. The van der Waals surface area contributed by atoms with Crippen molar-refractivity contribution in [2.75, 3.05) is 6.26 Å². The normalized spacial score (nSPS) is 10.4. The summed E-state index contributed by atoms with van der Waals surface area (Å²) in [6.45, 7) is 0. The van der Waals surface area contributed by atoms with Crippen molar-refractivity contribution in [3.63, 3.8) is 0 Å². The predicted octanol–water partition coefficient (Wildman–Crippen LogP) is 2.94. The van der Waals surface area contributed by atoms with Crippen LogP contribution in [0.1, 0.15) is 0 Å². The van der Waals surface area contributed by atoms with Gasteiger partial charge in [-0.3, -0.25) is 0 Å². The SMILES string of the molecule is CSOc1ccc2c(Cl)ccnc2n1. The fourth-order valence-electron chi connectivity index (χ4n) is 1.11. The van der Waals surface area contributed by atoms with Crippen LogP contribution < -0.4 is 4.18 Å². The second-order valence-corrected chi connectivity index (χ2v) is 3.47. The molecule has 3 nitrogen and oxygen atoms in total. The molecule has 5 heteroatoms. The lowest BCUT2D eigenvalue weighted by molar-refractivity contribution is 0.623. The Morgan fingerprint density at radius 3 is 3.00 bits per heavy atom. The van der Waals surface area contributed by atoms with Gasteiger partial charge in [0.2, 0.25) is 5.88 Å². The molecule has 2 rings (SSSR count). The lowest BCUT2D eigenvalue weighted by Gasteiger charge is -2.01. The molecular weight excluding hydrogens is 220 g/mol. The molecule has 2 aromatic heterocycles. The zero-order valence-electron chi connectivity index (χ0n) is 7.40. The van der Waals surface area contributed by atoms with E-state index in [2.05, 4.69) is 9.97 Å². The summed E-state index contributed by atoms with van der Waals surface area (Å²) in [5.41, 5.74) is 0.601. The summed E-state index contributed by atoms with van der Waals surface area (Å²) in [5, 5.41) is 1.49. The van der Waals surface area contributed by atoms with Crippen LogP contribution in [0.15, 0.2) is 24.4 Å². The minimum Gasteiger partial charge on any atom is -0.406 e. The van der Waals surface area contributed by atoms with Gasteiger partial charge in [0.25, 0.3) is 0 Å². The van der Waals surface area contributed by atoms with Crippen molar-refractivity contribution in [2.24, 2.45) is 0 Å². The highest BCUT2D eigenvalue weighted by atomic mass is 35.5. The molecule has 0 spiro atoms. The van der Waals surface area contributed by atoms with Crippen molar-refractivity contribution in [3.8, 4) is 5.88 Å². The molecule has 2 aromatic rings. The molecule has 72 valence electrons. The van der Waals surface area contributed by atoms with E-state index in [4.69, 9.17) is 15.8 Å². The van der Waals surface area contributed by atoms with E-state index in [0.29, 0.717) is 16.5 Å². The van der Waals surface area contributed by atoms with Gasteiger partial charge in [-0.25, -0.2) is 4.98 Å². The van der Waals surface area contributed by atoms with Gasteiger partial charge in [0, 0.05) is 23.9 Å². The van der Waals surface area contributed by atoms with E-state index in [1.807, 2.05) is 12.3 Å². The first-order chi connectivity index (χ1) is 6.81. The molecule has 0 saturated carbocycles. The van der Waals surface area contributed by atoms with Crippen molar-refractivity contribution in [1.82, 2.24) is 9.97 Å². The molecule has 0 atom stereocenters. The van der Waals surface area contributed by atoms with Crippen molar-refractivity contribution >= 4 is 34.7 Å². The lowest BCUT2D eigenvalue weighted by atomic mass is 10.3. The first-order valence-electron chi connectivity index (χ1n) is 3.93. The number of nitrogens with zero attached hydrogens (tertiary/aromatic N) is 2. The van der Waals surface area contributed by atoms with Gasteiger partial charge in [0.05, 0.1) is 17.1 Å². The number of hydrogen-bond donors (Lipinski definition) is 0. The van der Waals surface area contributed by atoms with E-state index in [9.17, 15) is 0 Å². The number of rotatable bonds is 2. The third-order valence-electron chi connectivity index (χ3n) is 1.69. The van der Waals surface area contributed by atoms with Crippen molar-refractivity contribution < 1.29 is 4.18 Å². The average Bonchev–Trinajstić information content (AvgIpc) is 2.18. The van der Waals surface area contributed by atoms with Crippen molar-refractivity contribution in [1.29, 1.82) is 0 Å². The molecule has 0 N–H and O–H groups in total. The van der Waals surface area contributed by atoms with E-state index in [1.165, 1.54) is 12.0 Å². The third-order valence-corrected chi connectivity index (χ3v) is 2.36. The fraction of sp³-hybridized carbons (Fsp3) is 0.111. The summed E-state index contributed by atoms with van der Waals surface area (Å²) in [6, 6.07) is 5.36. The van der Waals surface area contributed by atoms with Crippen molar-refractivity contribution in [3.05, 3.63) is 29.4 Å². The molecule has 0 aliphatic heterocycles. The fourth-order valence-corrected chi connectivity index (χ4v) is 1.58. The Balaban J connectivity index is 2.56. The summed E-state index contributed by atoms with van der Waals surface area (Å²) in [7, 11) is 0. The highest BCUT2D eigenvalue weighted by Gasteiger charge is 2.02. The van der Waals surface area contributed by atoms with E-state index < -0.39 is 0 Å². The molecule has 0 unspecified atom stereocenters. The first-order valence-corrected chi connectivity index (χ1v) is 5.46. The van der Waals surface area contributed by atoms with Crippen LogP contribution in [0.3, 0.4) is 0 Å². The van der Waals surface area contributed by atoms with E-state index in [0.717, 1.165) is 5.39 Å². The van der Waals surface area contributed by atoms with Gasteiger partial charge in [-0.15, -0.1) is 0 Å². The minimum absolute atomic E-state index is 0.541. The van der Waals surface area contributed by atoms with Gasteiger partial charge >= 0.3 is 0 Å². The maximum atomic E-state index is 5.96. The second kappa shape index (κ2) is 4.02. The van der Waals surface area contributed by atoms with Gasteiger partial charge in [0.15, 0.2) is 5.65 Å². The Morgan fingerprint density at radius 1 is 1.36 bits per heavy atom. The van der Waals surface area contributed by atoms with Crippen LogP contribution in [-0.2, 0) is 0 Å². The Kier molecular flexibility index (Phi) is 2.74. The number of hydrogen-bond acceptors (Lipinski definition) is 4. The number of pyridine rings is 2. The number of fused-ring (bicyclic) bond motifs is 1. The highest BCUT2D eigenvalue weighted by Crippen LogP contribution is 2.23. The smallest absolute Gasteiger partial charge is 0.229 e. The van der Waals surface area contributed by atoms with Gasteiger partial charge < -0.3 is 4.18 Å².